The molecule has 0 fully saturated rings. The van der Waals surface area contributed by atoms with Gasteiger partial charge >= 0.3 is 0 Å². The molecule has 1 aromatic rings. The Morgan fingerprint density at radius 2 is 2.18 bits per heavy atom. The van der Waals surface area contributed by atoms with Crippen molar-refractivity contribution in [3.8, 4) is 5.75 Å². The van der Waals surface area contributed by atoms with Crippen LogP contribution in [-0.4, -0.2) is 47.1 Å². The molecule has 94 valence electrons. The molecule has 2 N–H and O–H groups in total. The SMILES string of the molecule is CCN(CC)CCNC(=O)c1ncccc1O. The summed E-state index contributed by atoms with van der Waals surface area (Å²) in [4.78, 5) is 17.7. The smallest absolute Gasteiger partial charge is 0.273 e. The minimum Gasteiger partial charge on any atom is -0.505 e. The summed E-state index contributed by atoms with van der Waals surface area (Å²) in [5.41, 5.74) is 0.0760. The summed E-state index contributed by atoms with van der Waals surface area (Å²) < 4.78 is 0. The summed E-state index contributed by atoms with van der Waals surface area (Å²) in [5, 5.41) is 12.2. The van der Waals surface area contributed by atoms with Gasteiger partial charge in [0.15, 0.2) is 5.69 Å². The van der Waals surface area contributed by atoms with Gasteiger partial charge in [-0.25, -0.2) is 4.98 Å². The van der Waals surface area contributed by atoms with E-state index in [0.29, 0.717) is 6.54 Å². The fourth-order valence-corrected chi connectivity index (χ4v) is 1.52. The summed E-state index contributed by atoms with van der Waals surface area (Å²) in [5.74, 6) is -0.428. The Labute approximate surface area is 101 Å². The highest BCUT2D eigenvalue weighted by Crippen LogP contribution is 2.11. The molecule has 17 heavy (non-hydrogen) atoms. The van der Waals surface area contributed by atoms with Crippen LogP contribution in [0.5, 0.6) is 5.75 Å². The molecule has 0 aliphatic heterocycles. The van der Waals surface area contributed by atoms with E-state index in [1.165, 1.54) is 12.3 Å². The number of nitrogens with zero attached hydrogens (tertiary/aromatic N) is 2. The van der Waals surface area contributed by atoms with Crippen LogP contribution < -0.4 is 5.32 Å². The lowest BCUT2D eigenvalue weighted by atomic mass is 10.3. The van der Waals surface area contributed by atoms with Gasteiger partial charge in [-0.3, -0.25) is 4.79 Å². The van der Waals surface area contributed by atoms with Crippen molar-refractivity contribution in [3.05, 3.63) is 24.0 Å². The Bertz CT molecular complexity index is 365. The zero-order valence-electron chi connectivity index (χ0n) is 10.3. The quantitative estimate of drug-likeness (QED) is 0.770. The van der Waals surface area contributed by atoms with Gasteiger partial charge in [-0.1, -0.05) is 13.8 Å². The molecule has 1 heterocycles. The Kier molecular flexibility index (Phi) is 5.42. The maximum atomic E-state index is 11.7. The van der Waals surface area contributed by atoms with E-state index in [-0.39, 0.29) is 17.4 Å². The second kappa shape index (κ2) is 6.85. The van der Waals surface area contributed by atoms with Crippen LogP contribution in [0.15, 0.2) is 18.3 Å². The van der Waals surface area contributed by atoms with Crippen LogP contribution in [0.2, 0.25) is 0 Å². The molecule has 1 amide bonds. The average molecular weight is 237 g/mol. The number of aromatic nitrogens is 1. The number of pyridine rings is 1. The van der Waals surface area contributed by atoms with Gasteiger partial charge in [-0.15, -0.1) is 0 Å². The van der Waals surface area contributed by atoms with Crippen molar-refractivity contribution in [2.75, 3.05) is 26.2 Å². The number of carbonyl (C=O) groups excluding carboxylic acids is 1. The predicted molar refractivity (Wildman–Crippen MR) is 66.0 cm³/mol. The number of hydrogen-bond donors (Lipinski definition) is 2. The Morgan fingerprint density at radius 1 is 1.47 bits per heavy atom. The molecular formula is C12H19N3O2. The number of aromatic hydroxyl groups is 1. The highest BCUT2D eigenvalue weighted by atomic mass is 16.3. The second-order valence-electron chi connectivity index (χ2n) is 3.65. The molecular weight excluding hydrogens is 218 g/mol. The molecule has 1 rings (SSSR count). The molecule has 0 aliphatic carbocycles. The molecule has 0 saturated carbocycles. The molecule has 5 nitrogen and oxygen atoms in total. The predicted octanol–water partition coefficient (Wildman–Crippen LogP) is 0.859. The van der Waals surface area contributed by atoms with E-state index in [1.807, 2.05) is 0 Å². The lowest BCUT2D eigenvalue weighted by Crippen LogP contribution is -2.35. The molecule has 0 unspecified atom stereocenters. The minimum atomic E-state index is -0.338. The van der Waals surface area contributed by atoms with Crippen LogP contribution in [0.4, 0.5) is 0 Å². The van der Waals surface area contributed by atoms with Crippen LogP contribution in [0.25, 0.3) is 0 Å². The van der Waals surface area contributed by atoms with Gasteiger partial charge in [0.05, 0.1) is 0 Å². The molecule has 0 saturated heterocycles. The monoisotopic (exact) mass is 237 g/mol. The van der Waals surface area contributed by atoms with Gasteiger partial charge in [-0.05, 0) is 25.2 Å². The van der Waals surface area contributed by atoms with Crippen molar-refractivity contribution in [2.45, 2.75) is 13.8 Å². The largest absolute Gasteiger partial charge is 0.505 e. The van der Waals surface area contributed by atoms with Gasteiger partial charge in [-0.2, -0.15) is 0 Å². The Hall–Kier alpha value is -1.62. The average Bonchev–Trinajstić information content (AvgIpc) is 2.35. The number of nitrogens with one attached hydrogen (secondary N) is 1. The van der Waals surface area contributed by atoms with E-state index in [4.69, 9.17) is 0 Å². The highest BCUT2D eigenvalue weighted by Gasteiger charge is 2.11. The molecule has 0 radical (unpaired) electrons. The zero-order valence-corrected chi connectivity index (χ0v) is 10.3. The normalized spacial score (nSPS) is 10.5. The number of rotatable bonds is 6. The maximum Gasteiger partial charge on any atom is 0.273 e. The van der Waals surface area contributed by atoms with Crippen LogP contribution in [0.3, 0.4) is 0 Å². The zero-order chi connectivity index (χ0) is 12.7. The van der Waals surface area contributed by atoms with Crippen LogP contribution in [0.1, 0.15) is 24.3 Å². The summed E-state index contributed by atoms with van der Waals surface area (Å²) >= 11 is 0. The lowest BCUT2D eigenvalue weighted by Gasteiger charge is -2.17. The third-order valence-electron chi connectivity index (χ3n) is 2.61. The molecule has 0 aliphatic rings. The van der Waals surface area contributed by atoms with E-state index >= 15 is 0 Å². The van der Waals surface area contributed by atoms with Crippen molar-refractivity contribution in [2.24, 2.45) is 0 Å². The van der Waals surface area contributed by atoms with E-state index in [1.54, 1.807) is 6.07 Å². The first-order valence-corrected chi connectivity index (χ1v) is 5.83. The Morgan fingerprint density at radius 3 is 2.76 bits per heavy atom. The summed E-state index contributed by atoms with van der Waals surface area (Å²) in [6, 6.07) is 3.04. The number of likely N-dealkylation sites (N-methyl/N-ethyl adjacent to an activating group) is 1. The fourth-order valence-electron chi connectivity index (χ4n) is 1.52. The molecule has 0 bridgehead atoms. The van der Waals surface area contributed by atoms with Gasteiger partial charge in [0.2, 0.25) is 0 Å². The number of carbonyl (C=O) groups is 1. The molecule has 0 aromatic carbocycles. The summed E-state index contributed by atoms with van der Waals surface area (Å²) in [6.07, 6.45) is 1.49. The molecule has 1 aromatic heterocycles. The maximum absolute atomic E-state index is 11.7. The first-order valence-electron chi connectivity index (χ1n) is 5.83. The van der Waals surface area contributed by atoms with E-state index < -0.39 is 0 Å². The van der Waals surface area contributed by atoms with Crippen molar-refractivity contribution in [1.82, 2.24) is 15.2 Å². The second-order valence-corrected chi connectivity index (χ2v) is 3.65. The lowest BCUT2D eigenvalue weighted by molar-refractivity contribution is 0.0941. The van der Waals surface area contributed by atoms with Crippen molar-refractivity contribution < 1.29 is 9.90 Å². The number of amides is 1. The van der Waals surface area contributed by atoms with Crippen molar-refractivity contribution in [1.29, 1.82) is 0 Å². The van der Waals surface area contributed by atoms with Crippen molar-refractivity contribution in [3.63, 3.8) is 0 Å². The number of hydrogen-bond acceptors (Lipinski definition) is 4. The summed E-state index contributed by atoms with van der Waals surface area (Å²) in [7, 11) is 0. The first-order chi connectivity index (χ1) is 8.19. The topological polar surface area (TPSA) is 65.5 Å². The summed E-state index contributed by atoms with van der Waals surface area (Å²) in [6.45, 7) is 7.43. The van der Waals surface area contributed by atoms with Gasteiger partial charge in [0.25, 0.3) is 5.91 Å². The van der Waals surface area contributed by atoms with E-state index in [0.717, 1.165) is 19.6 Å². The molecule has 5 heteroatoms. The van der Waals surface area contributed by atoms with E-state index in [2.05, 4.69) is 29.0 Å². The van der Waals surface area contributed by atoms with Crippen molar-refractivity contribution >= 4 is 5.91 Å². The fraction of sp³-hybridized carbons (Fsp3) is 0.500. The minimum absolute atomic E-state index is 0.0760. The highest BCUT2D eigenvalue weighted by molar-refractivity contribution is 5.94. The van der Waals surface area contributed by atoms with Crippen LogP contribution >= 0.6 is 0 Å². The van der Waals surface area contributed by atoms with E-state index in [9.17, 15) is 9.90 Å². The van der Waals surface area contributed by atoms with Gasteiger partial charge < -0.3 is 15.3 Å². The third-order valence-corrected chi connectivity index (χ3v) is 2.61. The van der Waals surface area contributed by atoms with Gasteiger partial charge in [0.1, 0.15) is 5.75 Å². The molecule has 0 spiro atoms. The third kappa shape index (κ3) is 4.03. The molecule has 0 atom stereocenters. The first kappa shape index (κ1) is 13.4. The Balaban J connectivity index is 2.43. The van der Waals surface area contributed by atoms with Crippen LogP contribution in [-0.2, 0) is 0 Å². The van der Waals surface area contributed by atoms with Gasteiger partial charge in [0, 0.05) is 19.3 Å². The van der Waals surface area contributed by atoms with Crippen LogP contribution in [0, 0.1) is 0 Å². The standard InChI is InChI=1S/C12H19N3O2/c1-3-15(4-2)9-8-14-12(17)11-10(16)6-5-7-13-11/h5-7,16H,3-4,8-9H2,1-2H3,(H,14,17).